The maximum Gasteiger partial charge on any atom is 0.230 e. The molecule has 2 rings (SSSR count). The lowest BCUT2D eigenvalue weighted by molar-refractivity contribution is -0.118. The predicted octanol–water partition coefficient (Wildman–Crippen LogP) is 2.03. The van der Waals surface area contributed by atoms with Gasteiger partial charge in [0.25, 0.3) is 0 Å². The number of benzene rings is 1. The van der Waals surface area contributed by atoms with Crippen LogP contribution in [0.2, 0.25) is 0 Å². The molecule has 0 radical (unpaired) electrons. The highest BCUT2D eigenvalue weighted by Gasteiger charge is 2.21. The number of nitrogen functional groups attached to an aromatic ring is 1. The normalized spacial score (nSPS) is 14.6. The minimum atomic E-state index is -0.333. The number of nitrogens with one attached hydrogen (secondary N) is 1. The van der Waals surface area contributed by atoms with E-state index in [2.05, 4.69) is 5.32 Å². The Kier molecular flexibility index (Phi) is 3.89. The standard InChI is InChI=1S/C12H15FN2OS/c13-9-3-4-10(14)11(5-9)17-7-12(16)15-6-8-1-2-8/h3-5,8H,1-2,6-7,14H2,(H,15,16). The number of rotatable bonds is 5. The lowest BCUT2D eigenvalue weighted by Crippen LogP contribution is -2.27. The van der Waals surface area contributed by atoms with E-state index >= 15 is 0 Å². The summed E-state index contributed by atoms with van der Waals surface area (Å²) in [6, 6.07) is 4.18. The van der Waals surface area contributed by atoms with Gasteiger partial charge in [0.05, 0.1) is 5.75 Å². The number of thioether (sulfide) groups is 1. The van der Waals surface area contributed by atoms with E-state index in [0.717, 1.165) is 6.54 Å². The molecule has 3 nitrogen and oxygen atoms in total. The van der Waals surface area contributed by atoms with Gasteiger partial charge in [-0.25, -0.2) is 4.39 Å². The second-order valence-electron chi connectivity index (χ2n) is 4.22. The van der Waals surface area contributed by atoms with E-state index in [4.69, 9.17) is 5.73 Å². The molecule has 0 aliphatic heterocycles. The summed E-state index contributed by atoms with van der Waals surface area (Å²) in [6.07, 6.45) is 2.43. The SMILES string of the molecule is Nc1ccc(F)cc1SCC(=O)NCC1CC1. The first-order valence-electron chi connectivity index (χ1n) is 5.59. The largest absolute Gasteiger partial charge is 0.398 e. The van der Waals surface area contributed by atoms with Gasteiger partial charge in [0.1, 0.15) is 5.82 Å². The van der Waals surface area contributed by atoms with Crippen molar-refractivity contribution in [3.05, 3.63) is 24.0 Å². The Morgan fingerprint density at radius 1 is 1.53 bits per heavy atom. The molecule has 5 heteroatoms. The number of halogens is 1. The van der Waals surface area contributed by atoms with Crippen LogP contribution >= 0.6 is 11.8 Å². The number of hydrogen-bond acceptors (Lipinski definition) is 3. The fourth-order valence-corrected chi connectivity index (χ4v) is 2.23. The number of nitrogens with two attached hydrogens (primary N) is 1. The van der Waals surface area contributed by atoms with Crippen molar-refractivity contribution in [3.8, 4) is 0 Å². The average Bonchev–Trinajstić information content (AvgIpc) is 3.11. The van der Waals surface area contributed by atoms with Crippen LogP contribution in [0.25, 0.3) is 0 Å². The van der Waals surface area contributed by atoms with Crippen molar-refractivity contribution in [2.24, 2.45) is 5.92 Å². The van der Waals surface area contributed by atoms with Crippen molar-refractivity contribution in [1.29, 1.82) is 0 Å². The van der Waals surface area contributed by atoms with Gasteiger partial charge in [-0.15, -0.1) is 11.8 Å². The van der Waals surface area contributed by atoms with Crippen molar-refractivity contribution in [2.75, 3.05) is 18.0 Å². The maximum absolute atomic E-state index is 13.0. The topological polar surface area (TPSA) is 55.1 Å². The summed E-state index contributed by atoms with van der Waals surface area (Å²) < 4.78 is 13.0. The van der Waals surface area contributed by atoms with Crippen molar-refractivity contribution < 1.29 is 9.18 Å². The molecular weight excluding hydrogens is 239 g/mol. The molecule has 92 valence electrons. The average molecular weight is 254 g/mol. The first-order valence-corrected chi connectivity index (χ1v) is 6.58. The minimum absolute atomic E-state index is 0.0226. The van der Waals surface area contributed by atoms with Crippen LogP contribution in [-0.2, 0) is 4.79 Å². The van der Waals surface area contributed by atoms with E-state index in [1.54, 1.807) is 0 Å². The van der Waals surface area contributed by atoms with Gasteiger partial charge in [0.15, 0.2) is 0 Å². The Hall–Kier alpha value is -1.23. The van der Waals surface area contributed by atoms with Crippen LogP contribution in [0.5, 0.6) is 0 Å². The lowest BCUT2D eigenvalue weighted by atomic mass is 10.3. The molecule has 0 saturated heterocycles. The predicted molar refractivity (Wildman–Crippen MR) is 67.3 cm³/mol. The smallest absolute Gasteiger partial charge is 0.230 e. The van der Waals surface area contributed by atoms with E-state index in [1.165, 1.54) is 42.8 Å². The zero-order chi connectivity index (χ0) is 12.3. The van der Waals surface area contributed by atoms with E-state index in [1.807, 2.05) is 0 Å². The number of carbonyl (C=O) groups excluding carboxylic acids is 1. The molecule has 0 spiro atoms. The zero-order valence-corrected chi connectivity index (χ0v) is 10.2. The quantitative estimate of drug-likeness (QED) is 0.624. The number of carbonyl (C=O) groups is 1. The lowest BCUT2D eigenvalue weighted by Gasteiger charge is -2.06. The van der Waals surface area contributed by atoms with Crippen LogP contribution in [0.15, 0.2) is 23.1 Å². The molecule has 1 saturated carbocycles. The summed E-state index contributed by atoms with van der Waals surface area (Å²) >= 11 is 1.26. The van der Waals surface area contributed by atoms with Gasteiger partial charge in [-0.05, 0) is 37.0 Å². The fraction of sp³-hybridized carbons (Fsp3) is 0.417. The number of hydrogen-bond donors (Lipinski definition) is 2. The number of anilines is 1. The Morgan fingerprint density at radius 3 is 3.00 bits per heavy atom. The molecule has 0 heterocycles. The second kappa shape index (κ2) is 5.40. The van der Waals surface area contributed by atoms with Crippen LogP contribution in [-0.4, -0.2) is 18.2 Å². The summed E-state index contributed by atoms with van der Waals surface area (Å²) in [5, 5.41) is 2.85. The van der Waals surface area contributed by atoms with Gasteiger partial charge >= 0.3 is 0 Å². The molecule has 0 aromatic heterocycles. The van der Waals surface area contributed by atoms with E-state index in [9.17, 15) is 9.18 Å². The number of amides is 1. The van der Waals surface area contributed by atoms with Gasteiger partial charge in [0.2, 0.25) is 5.91 Å². The monoisotopic (exact) mass is 254 g/mol. The molecule has 0 unspecified atom stereocenters. The fourth-order valence-electron chi connectivity index (χ4n) is 1.41. The van der Waals surface area contributed by atoms with E-state index in [0.29, 0.717) is 16.5 Å². The molecule has 1 aromatic carbocycles. The van der Waals surface area contributed by atoms with Crippen LogP contribution in [0.4, 0.5) is 10.1 Å². The molecule has 0 bridgehead atoms. The van der Waals surface area contributed by atoms with Crippen molar-refractivity contribution in [2.45, 2.75) is 17.7 Å². The maximum atomic E-state index is 13.0. The summed E-state index contributed by atoms with van der Waals surface area (Å²) in [6.45, 7) is 0.762. The molecule has 1 fully saturated rings. The molecular formula is C12H15FN2OS. The van der Waals surface area contributed by atoms with Crippen LogP contribution in [0, 0.1) is 11.7 Å². The highest BCUT2D eigenvalue weighted by Crippen LogP contribution is 2.28. The van der Waals surface area contributed by atoms with Gasteiger partial charge in [-0.3, -0.25) is 4.79 Å². The summed E-state index contributed by atoms with van der Waals surface area (Å²) in [5.74, 6) is 0.592. The molecule has 0 atom stereocenters. The summed E-state index contributed by atoms with van der Waals surface area (Å²) in [5.41, 5.74) is 6.19. The molecule has 1 aliphatic carbocycles. The van der Waals surface area contributed by atoms with Crippen LogP contribution in [0.3, 0.4) is 0 Å². The third-order valence-electron chi connectivity index (χ3n) is 2.62. The van der Waals surface area contributed by atoms with Gasteiger partial charge < -0.3 is 11.1 Å². The van der Waals surface area contributed by atoms with Crippen LogP contribution in [0.1, 0.15) is 12.8 Å². The molecule has 17 heavy (non-hydrogen) atoms. The minimum Gasteiger partial charge on any atom is -0.398 e. The Balaban J connectivity index is 1.79. The van der Waals surface area contributed by atoms with Crippen molar-refractivity contribution in [3.63, 3.8) is 0 Å². The first-order chi connectivity index (χ1) is 8.15. The highest BCUT2D eigenvalue weighted by molar-refractivity contribution is 8.00. The van der Waals surface area contributed by atoms with E-state index < -0.39 is 0 Å². The Bertz CT molecular complexity index is 421. The highest BCUT2D eigenvalue weighted by atomic mass is 32.2. The second-order valence-corrected chi connectivity index (χ2v) is 5.24. The van der Waals surface area contributed by atoms with Gasteiger partial charge in [-0.2, -0.15) is 0 Å². The van der Waals surface area contributed by atoms with E-state index in [-0.39, 0.29) is 17.5 Å². The van der Waals surface area contributed by atoms with Crippen molar-refractivity contribution >= 4 is 23.4 Å². The van der Waals surface area contributed by atoms with Crippen molar-refractivity contribution in [1.82, 2.24) is 5.32 Å². The third-order valence-corrected chi connectivity index (χ3v) is 3.69. The third kappa shape index (κ3) is 3.93. The molecule has 1 aliphatic rings. The van der Waals surface area contributed by atoms with Crippen LogP contribution < -0.4 is 11.1 Å². The Morgan fingerprint density at radius 2 is 2.29 bits per heavy atom. The Labute approximate surface area is 104 Å². The molecule has 3 N–H and O–H groups in total. The molecule has 1 aromatic rings. The summed E-state index contributed by atoms with van der Waals surface area (Å²) in [4.78, 5) is 12.1. The van der Waals surface area contributed by atoms with Gasteiger partial charge in [-0.1, -0.05) is 0 Å². The zero-order valence-electron chi connectivity index (χ0n) is 9.41. The van der Waals surface area contributed by atoms with Gasteiger partial charge in [0, 0.05) is 17.1 Å². The summed E-state index contributed by atoms with van der Waals surface area (Å²) in [7, 11) is 0. The molecule has 1 amide bonds. The first kappa shape index (κ1) is 12.2.